The van der Waals surface area contributed by atoms with Crippen LogP contribution in [0.1, 0.15) is 25.8 Å². The van der Waals surface area contributed by atoms with E-state index < -0.39 is 0 Å². The Morgan fingerprint density at radius 1 is 1.20 bits per heavy atom. The molecule has 0 fully saturated rings. The molecule has 0 spiro atoms. The summed E-state index contributed by atoms with van der Waals surface area (Å²) in [6, 6.07) is 8.70. The summed E-state index contributed by atoms with van der Waals surface area (Å²) < 4.78 is 2.24. The van der Waals surface area contributed by atoms with Gasteiger partial charge in [-0.2, -0.15) is 0 Å². The van der Waals surface area contributed by atoms with Crippen molar-refractivity contribution in [2.24, 2.45) is 13.0 Å². The molecule has 2 aromatic rings. The van der Waals surface area contributed by atoms with Gasteiger partial charge in [0, 0.05) is 49.3 Å². The van der Waals surface area contributed by atoms with Gasteiger partial charge in [-0.15, -0.1) is 0 Å². The summed E-state index contributed by atoms with van der Waals surface area (Å²) in [7, 11) is 2.14. The predicted octanol–water partition coefficient (Wildman–Crippen LogP) is 3.92. The van der Waals surface area contributed by atoms with E-state index in [0.29, 0.717) is 0 Å². The number of benzene rings is 1. The Balaban J connectivity index is 1.88. The standard InChI is InChI=1S/C18H24N2/c1-14(2)12-20-10-8-15(9-11-20)17-13-19(3)18-7-5-4-6-16(17)18/h4-8,13-14H,9-12H2,1-3H3. The Bertz CT molecular complexity index is 634. The van der Waals surface area contributed by atoms with Crippen molar-refractivity contribution in [3.8, 4) is 0 Å². The normalized spacial score (nSPS) is 16.9. The maximum Gasteiger partial charge on any atom is 0.0484 e. The number of hydrogen-bond donors (Lipinski definition) is 0. The van der Waals surface area contributed by atoms with Gasteiger partial charge in [-0.3, -0.25) is 4.90 Å². The van der Waals surface area contributed by atoms with Crippen molar-refractivity contribution in [1.29, 1.82) is 0 Å². The van der Waals surface area contributed by atoms with E-state index in [2.05, 4.69) is 66.9 Å². The molecule has 0 N–H and O–H groups in total. The molecule has 1 aromatic heterocycles. The summed E-state index contributed by atoms with van der Waals surface area (Å²) in [5, 5.41) is 1.39. The molecule has 1 aromatic carbocycles. The molecule has 106 valence electrons. The fraction of sp³-hybridized carbons (Fsp3) is 0.444. The van der Waals surface area contributed by atoms with Gasteiger partial charge < -0.3 is 4.57 Å². The Kier molecular flexibility index (Phi) is 3.66. The van der Waals surface area contributed by atoms with Crippen LogP contribution in [-0.2, 0) is 7.05 Å². The summed E-state index contributed by atoms with van der Waals surface area (Å²) in [6.45, 7) is 8.08. The summed E-state index contributed by atoms with van der Waals surface area (Å²) in [4.78, 5) is 2.55. The second kappa shape index (κ2) is 5.45. The molecule has 1 aliphatic heterocycles. The highest BCUT2D eigenvalue weighted by atomic mass is 15.1. The third-order valence-corrected chi connectivity index (χ3v) is 4.16. The minimum atomic E-state index is 0.752. The zero-order valence-corrected chi connectivity index (χ0v) is 12.8. The molecule has 0 radical (unpaired) electrons. The maximum absolute atomic E-state index is 2.55. The van der Waals surface area contributed by atoms with Crippen LogP contribution in [0.15, 0.2) is 36.5 Å². The number of aryl methyl sites for hydroxylation is 1. The zero-order valence-electron chi connectivity index (χ0n) is 12.8. The molecule has 2 nitrogen and oxygen atoms in total. The Morgan fingerprint density at radius 2 is 2.00 bits per heavy atom. The van der Waals surface area contributed by atoms with Crippen molar-refractivity contribution in [3.63, 3.8) is 0 Å². The van der Waals surface area contributed by atoms with Crippen LogP contribution < -0.4 is 0 Å². The van der Waals surface area contributed by atoms with Crippen LogP contribution in [0.25, 0.3) is 16.5 Å². The first kappa shape index (κ1) is 13.4. The maximum atomic E-state index is 2.55. The van der Waals surface area contributed by atoms with Crippen molar-refractivity contribution in [2.45, 2.75) is 20.3 Å². The number of hydrogen-bond acceptors (Lipinski definition) is 1. The van der Waals surface area contributed by atoms with E-state index in [1.54, 1.807) is 0 Å². The van der Waals surface area contributed by atoms with Crippen molar-refractivity contribution in [2.75, 3.05) is 19.6 Å². The van der Waals surface area contributed by atoms with E-state index >= 15 is 0 Å². The predicted molar refractivity (Wildman–Crippen MR) is 86.8 cm³/mol. The first-order valence-electron chi connectivity index (χ1n) is 7.61. The molecule has 2 heterocycles. The minimum absolute atomic E-state index is 0.752. The van der Waals surface area contributed by atoms with Crippen LogP contribution in [0.4, 0.5) is 0 Å². The lowest BCUT2D eigenvalue weighted by molar-refractivity contribution is 0.268. The fourth-order valence-corrected chi connectivity index (χ4v) is 3.24. The molecule has 20 heavy (non-hydrogen) atoms. The summed E-state index contributed by atoms with van der Waals surface area (Å²) in [5.41, 5.74) is 4.27. The van der Waals surface area contributed by atoms with E-state index in [4.69, 9.17) is 0 Å². The van der Waals surface area contributed by atoms with Crippen LogP contribution in [0.3, 0.4) is 0 Å². The van der Waals surface area contributed by atoms with Crippen molar-refractivity contribution >= 4 is 16.5 Å². The van der Waals surface area contributed by atoms with Crippen LogP contribution in [0.5, 0.6) is 0 Å². The van der Waals surface area contributed by atoms with Gasteiger partial charge in [-0.25, -0.2) is 0 Å². The average Bonchev–Trinajstić information content (AvgIpc) is 2.77. The molecular weight excluding hydrogens is 244 g/mol. The highest BCUT2D eigenvalue weighted by Gasteiger charge is 2.16. The Hall–Kier alpha value is -1.54. The number of rotatable bonds is 3. The quantitative estimate of drug-likeness (QED) is 0.819. The Labute approximate surface area is 121 Å². The zero-order chi connectivity index (χ0) is 14.1. The lowest BCUT2D eigenvalue weighted by Crippen LogP contribution is -2.31. The lowest BCUT2D eigenvalue weighted by atomic mass is 9.98. The van der Waals surface area contributed by atoms with Gasteiger partial charge >= 0.3 is 0 Å². The fourth-order valence-electron chi connectivity index (χ4n) is 3.24. The molecule has 0 amide bonds. The van der Waals surface area contributed by atoms with E-state index in [-0.39, 0.29) is 0 Å². The second-order valence-corrected chi connectivity index (χ2v) is 6.30. The number of aromatic nitrogens is 1. The van der Waals surface area contributed by atoms with E-state index in [1.807, 2.05) is 0 Å². The van der Waals surface area contributed by atoms with Gasteiger partial charge in [0.15, 0.2) is 0 Å². The van der Waals surface area contributed by atoms with Gasteiger partial charge in [-0.05, 0) is 24.0 Å². The molecule has 3 rings (SSSR count). The first-order chi connectivity index (χ1) is 9.65. The smallest absolute Gasteiger partial charge is 0.0484 e. The Morgan fingerprint density at radius 3 is 2.70 bits per heavy atom. The number of nitrogens with zero attached hydrogens (tertiary/aromatic N) is 2. The first-order valence-corrected chi connectivity index (χ1v) is 7.61. The third kappa shape index (κ3) is 2.53. The molecule has 0 aliphatic carbocycles. The van der Waals surface area contributed by atoms with E-state index in [1.165, 1.54) is 41.5 Å². The number of fused-ring (bicyclic) bond motifs is 1. The monoisotopic (exact) mass is 268 g/mol. The van der Waals surface area contributed by atoms with Crippen LogP contribution in [0, 0.1) is 5.92 Å². The van der Waals surface area contributed by atoms with Crippen LogP contribution >= 0.6 is 0 Å². The van der Waals surface area contributed by atoms with Gasteiger partial charge in [0.1, 0.15) is 0 Å². The summed E-state index contributed by atoms with van der Waals surface area (Å²) in [5.74, 6) is 0.752. The second-order valence-electron chi connectivity index (χ2n) is 6.30. The van der Waals surface area contributed by atoms with Gasteiger partial charge in [0.25, 0.3) is 0 Å². The van der Waals surface area contributed by atoms with Crippen molar-refractivity contribution in [3.05, 3.63) is 42.1 Å². The van der Waals surface area contributed by atoms with Crippen molar-refractivity contribution < 1.29 is 0 Å². The number of para-hydroxylation sites is 1. The summed E-state index contributed by atoms with van der Waals surface area (Å²) in [6.07, 6.45) is 5.88. The van der Waals surface area contributed by atoms with Crippen molar-refractivity contribution in [1.82, 2.24) is 9.47 Å². The largest absolute Gasteiger partial charge is 0.350 e. The lowest BCUT2D eigenvalue weighted by Gasteiger charge is -2.27. The summed E-state index contributed by atoms with van der Waals surface area (Å²) >= 11 is 0. The third-order valence-electron chi connectivity index (χ3n) is 4.16. The minimum Gasteiger partial charge on any atom is -0.350 e. The van der Waals surface area contributed by atoms with Gasteiger partial charge in [0.05, 0.1) is 0 Å². The highest BCUT2D eigenvalue weighted by Crippen LogP contribution is 2.30. The SMILES string of the molecule is CC(C)CN1CC=C(c2cn(C)c3ccccc23)CC1. The topological polar surface area (TPSA) is 8.17 Å². The van der Waals surface area contributed by atoms with Crippen LogP contribution in [0.2, 0.25) is 0 Å². The van der Waals surface area contributed by atoms with Gasteiger partial charge in [-0.1, -0.05) is 38.1 Å². The van der Waals surface area contributed by atoms with Gasteiger partial charge in [0.2, 0.25) is 0 Å². The molecule has 1 aliphatic rings. The highest BCUT2D eigenvalue weighted by molar-refractivity contribution is 5.93. The molecule has 0 saturated carbocycles. The van der Waals surface area contributed by atoms with E-state index in [0.717, 1.165) is 12.5 Å². The molecule has 0 atom stereocenters. The molecule has 2 heteroatoms. The molecule has 0 unspecified atom stereocenters. The molecular formula is C18H24N2. The average molecular weight is 268 g/mol. The van der Waals surface area contributed by atoms with E-state index in [9.17, 15) is 0 Å². The van der Waals surface area contributed by atoms with Crippen LogP contribution in [-0.4, -0.2) is 29.1 Å². The molecule has 0 bridgehead atoms. The molecule has 0 saturated heterocycles.